The van der Waals surface area contributed by atoms with Crippen LogP contribution >= 0.6 is 0 Å². The first kappa shape index (κ1) is 13.4. The topological polar surface area (TPSA) is 38.8 Å². The first-order valence-corrected chi connectivity index (χ1v) is 7.29. The van der Waals surface area contributed by atoms with Gasteiger partial charge in [0.25, 0.3) is 0 Å². The minimum atomic E-state index is 0.128. The molecule has 0 N–H and O–H groups in total. The maximum Gasteiger partial charge on any atom is 0.227 e. The molecule has 20 heavy (non-hydrogen) atoms. The Morgan fingerprint density at radius 2 is 2.25 bits per heavy atom. The summed E-state index contributed by atoms with van der Waals surface area (Å²) >= 11 is 0. The summed E-state index contributed by atoms with van der Waals surface area (Å²) in [6.45, 7) is 6.13. The normalized spacial score (nSPS) is 25.2. The Hall–Kier alpha value is -1.55. The molecular formula is C16H21NO3. The van der Waals surface area contributed by atoms with Gasteiger partial charge < -0.3 is 14.4 Å². The van der Waals surface area contributed by atoms with Crippen LogP contribution in [-0.2, 0) is 22.4 Å². The van der Waals surface area contributed by atoms with Gasteiger partial charge >= 0.3 is 0 Å². The van der Waals surface area contributed by atoms with E-state index in [9.17, 15) is 4.79 Å². The van der Waals surface area contributed by atoms with Gasteiger partial charge in [-0.1, -0.05) is 12.1 Å². The van der Waals surface area contributed by atoms with Crippen LogP contribution in [0.5, 0.6) is 5.75 Å². The average molecular weight is 275 g/mol. The largest absolute Gasteiger partial charge is 0.493 e. The van der Waals surface area contributed by atoms with Gasteiger partial charge in [-0.15, -0.1) is 0 Å². The summed E-state index contributed by atoms with van der Waals surface area (Å²) in [6.07, 6.45) is 1.54. The number of rotatable bonds is 2. The molecule has 0 radical (unpaired) electrons. The molecule has 1 amide bonds. The van der Waals surface area contributed by atoms with Crippen LogP contribution in [0, 0.1) is 0 Å². The van der Waals surface area contributed by atoms with Crippen molar-refractivity contribution in [2.45, 2.75) is 38.8 Å². The van der Waals surface area contributed by atoms with Gasteiger partial charge in [0.1, 0.15) is 5.75 Å². The molecule has 0 aromatic heterocycles. The summed E-state index contributed by atoms with van der Waals surface area (Å²) in [5.41, 5.74) is 2.30. The second-order valence-corrected chi connectivity index (χ2v) is 5.76. The number of benzene rings is 1. The lowest BCUT2D eigenvalue weighted by atomic mass is 10.0. The van der Waals surface area contributed by atoms with Gasteiger partial charge in [0.2, 0.25) is 5.91 Å². The lowest BCUT2D eigenvalue weighted by Gasteiger charge is -2.37. The van der Waals surface area contributed by atoms with Crippen LogP contribution in [0.25, 0.3) is 0 Å². The maximum absolute atomic E-state index is 12.5. The molecule has 2 aliphatic heterocycles. The maximum atomic E-state index is 12.5. The quantitative estimate of drug-likeness (QED) is 0.826. The number of fused-ring (bicyclic) bond motifs is 1. The minimum absolute atomic E-state index is 0.128. The monoisotopic (exact) mass is 275 g/mol. The highest BCUT2D eigenvalue weighted by Gasteiger charge is 2.27. The van der Waals surface area contributed by atoms with Crippen LogP contribution < -0.4 is 4.74 Å². The molecule has 0 spiro atoms. The van der Waals surface area contributed by atoms with Crippen molar-refractivity contribution >= 4 is 5.91 Å². The van der Waals surface area contributed by atoms with Gasteiger partial charge in [-0.25, -0.2) is 0 Å². The number of ether oxygens (including phenoxy) is 2. The van der Waals surface area contributed by atoms with E-state index in [-0.39, 0.29) is 18.1 Å². The molecule has 1 aromatic carbocycles. The molecule has 2 aliphatic rings. The average Bonchev–Trinajstić information content (AvgIpc) is 2.89. The van der Waals surface area contributed by atoms with E-state index < -0.39 is 0 Å². The number of nitrogens with zero attached hydrogens (tertiary/aromatic N) is 1. The van der Waals surface area contributed by atoms with Crippen LogP contribution in [0.15, 0.2) is 18.2 Å². The van der Waals surface area contributed by atoms with Crippen LogP contribution in [0.4, 0.5) is 0 Å². The molecule has 2 atom stereocenters. The summed E-state index contributed by atoms with van der Waals surface area (Å²) < 4.78 is 11.1. The molecule has 0 saturated carbocycles. The minimum Gasteiger partial charge on any atom is -0.493 e. The van der Waals surface area contributed by atoms with Crippen molar-refractivity contribution in [2.24, 2.45) is 0 Å². The Labute approximate surface area is 119 Å². The zero-order chi connectivity index (χ0) is 14.1. The SMILES string of the molecule is C[C@@H]1CN(C(=O)Cc2ccc3c(c2)CCO3)[C@H](C)CO1. The van der Waals surface area contributed by atoms with Crippen LogP contribution in [0.1, 0.15) is 25.0 Å². The Kier molecular flexibility index (Phi) is 3.66. The smallest absolute Gasteiger partial charge is 0.227 e. The zero-order valence-corrected chi connectivity index (χ0v) is 12.1. The molecule has 1 saturated heterocycles. The molecule has 3 rings (SSSR count). The molecule has 0 unspecified atom stereocenters. The fourth-order valence-corrected chi connectivity index (χ4v) is 2.88. The van der Waals surface area contributed by atoms with Gasteiger partial charge in [-0.2, -0.15) is 0 Å². The molecule has 0 bridgehead atoms. The van der Waals surface area contributed by atoms with E-state index in [2.05, 4.69) is 6.07 Å². The standard InChI is InChI=1S/C16H21NO3/c1-11-10-20-12(2)9-17(11)16(18)8-13-3-4-15-14(7-13)5-6-19-15/h3-4,7,11-12H,5-6,8-10H2,1-2H3/t11-,12-/m1/s1. The number of hydrogen-bond donors (Lipinski definition) is 0. The highest BCUT2D eigenvalue weighted by atomic mass is 16.5. The van der Waals surface area contributed by atoms with Crippen molar-refractivity contribution in [1.82, 2.24) is 4.90 Å². The van der Waals surface area contributed by atoms with Gasteiger partial charge in [0.15, 0.2) is 0 Å². The van der Waals surface area contributed by atoms with Crippen LogP contribution in [-0.4, -0.2) is 42.7 Å². The van der Waals surface area contributed by atoms with Gasteiger partial charge in [0.05, 0.1) is 31.8 Å². The number of amides is 1. The Bertz CT molecular complexity index is 514. The second kappa shape index (κ2) is 5.44. The van der Waals surface area contributed by atoms with Crippen molar-refractivity contribution in [3.05, 3.63) is 29.3 Å². The molecule has 1 fully saturated rings. The second-order valence-electron chi connectivity index (χ2n) is 5.76. The predicted octanol–water partition coefficient (Wildman–Crippen LogP) is 1.80. The van der Waals surface area contributed by atoms with Gasteiger partial charge in [0, 0.05) is 13.0 Å². The van der Waals surface area contributed by atoms with Gasteiger partial charge in [-0.05, 0) is 31.0 Å². The fraction of sp³-hybridized carbons (Fsp3) is 0.562. The van der Waals surface area contributed by atoms with E-state index in [1.54, 1.807) is 0 Å². The number of carbonyl (C=O) groups is 1. The fourth-order valence-electron chi connectivity index (χ4n) is 2.88. The molecule has 1 aromatic rings. The summed E-state index contributed by atoms with van der Waals surface area (Å²) in [5, 5.41) is 0. The highest BCUT2D eigenvalue weighted by molar-refractivity contribution is 5.79. The van der Waals surface area contributed by atoms with E-state index in [1.807, 2.05) is 30.9 Å². The summed E-state index contributed by atoms with van der Waals surface area (Å²) in [5.74, 6) is 1.15. The van der Waals surface area contributed by atoms with Crippen molar-refractivity contribution in [3.63, 3.8) is 0 Å². The first-order valence-electron chi connectivity index (χ1n) is 7.29. The molecule has 2 heterocycles. The molecular weight excluding hydrogens is 254 g/mol. The van der Waals surface area contributed by atoms with Crippen molar-refractivity contribution in [1.29, 1.82) is 0 Å². The summed E-state index contributed by atoms with van der Waals surface area (Å²) in [7, 11) is 0. The van der Waals surface area contributed by atoms with Crippen LogP contribution in [0.2, 0.25) is 0 Å². The van der Waals surface area contributed by atoms with E-state index in [1.165, 1.54) is 5.56 Å². The molecule has 108 valence electrons. The number of carbonyl (C=O) groups excluding carboxylic acids is 1. The van der Waals surface area contributed by atoms with Crippen molar-refractivity contribution in [2.75, 3.05) is 19.8 Å². The third kappa shape index (κ3) is 2.66. The molecule has 4 nitrogen and oxygen atoms in total. The Balaban J connectivity index is 1.69. The zero-order valence-electron chi connectivity index (χ0n) is 12.1. The van der Waals surface area contributed by atoms with E-state index in [0.29, 0.717) is 19.6 Å². The lowest BCUT2D eigenvalue weighted by molar-refractivity contribution is -0.142. The Morgan fingerprint density at radius 1 is 1.40 bits per heavy atom. The third-order valence-electron chi connectivity index (χ3n) is 4.04. The predicted molar refractivity (Wildman–Crippen MR) is 75.9 cm³/mol. The first-order chi connectivity index (χ1) is 9.63. The van der Waals surface area contributed by atoms with Crippen molar-refractivity contribution < 1.29 is 14.3 Å². The molecule has 4 heteroatoms. The van der Waals surface area contributed by atoms with E-state index >= 15 is 0 Å². The van der Waals surface area contributed by atoms with Crippen molar-refractivity contribution in [3.8, 4) is 5.75 Å². The third-order valence-corrected chi connectivity index (χ3v) is 4.04. The van der Waals surface area contributed by atoms with Crippen LogP contribution in [0.3, 0.4) is 0 Å². The summed E-state index contributed by atoms with van der Waals surface area (Å²) in [6, 6.07) is 6.25. The van der Waals surface area contributed by atoms with E-state index in [0.717, 1.165) is 24.3 Å². The summed E-state index contributed by atoms with van der Waals surface area (Å²) in [4.78, 5) is 14.4. The molecule has 0 aliphatic carbocycles. The number of morpholine rings is 1. The highest BCUT2D eigenvalue weighted by Crippen LogP contribution is 2.26. The number of hydrogen-bond acceptors (Lipinski definition) is 3. The Morgan fingerprint density at radius 3 is 3.10 bits per heavy atom. The lowest BCUT2D eigenvalue weighted by Crippen LogP contribution is -2.50. The van der Waals surface area contributed by atoms with Gasteiger partial charge in [-0.3, -0.25) is 4.79 Å². The van der Waals surface area contributed by atoms with E-state index in [4.69, 9.17) is 9.47 Å².